The summed E-state index contributed by atoms with van der Waals surface area (Å²) >= 11 is 0. The van der Waals surface area contributed by atoms with Crippen LogP contribution in [0, 0.1) is 19.8 Å². The number of carbonyl (C=O) groups excluding carboxylic acids is 1. The summed E-state index contributed by atoms with van der Waals surface area (Å²) in [6.07, 6.45) is 0.398. The zero-order valence-electron chi connectivity index (χ0n) is 16.1. The highest BCUT2D eigenvalue weighted by atomic mass is 16.5. The topological polar surface area (TPSA) is 80.6 Å². The van der Waals surface area contributed by atoms with Gasteiger partial charge in [0.25, 0.3) is 5.91 Å². The van der Waals surface area contributed by atoms with Gasteiger partial charge in [-0.15, -0.1) is 0 Å². The average molecular weight is 360 g/mol. The first-order valence-corrected chi connectivity index (χ1v) is 8.88. The summed E-state index contributed by atoms with van der Waals surface area (Å²) in [6.45, 7) is 9.30. The van der Waals surface area contributed by atoms with Gasteiger partial charge in [-0.2, -0.15) is 0 Å². The van der Waals surface area contributed by atoms with E-state index < -0.39 is 12.0 Å². The Morgan fingerprint density at radius 3 is 2.54 bits per heavy atom. The summed E-state index contributed by atoms with van der Waals surface area (Å²) in [5, 5.41) is 13.0. The van der Waals surface area contributed by atoms with Gasteiger partial charge < -0.3 is 19.7 Å². The molecule has 0 aliphatic carbocycles. The van der Waals surface area contributed by atoms with E-state index in [0.29, 0.717) is 18.6 Å². The monoisotopic (exact) mass is 360 g/mol. The molecule has 0 bridgehead atoms. The van der Waals surface area contributed by atoms with Gasteiger partial charge in [0.2, 0.25) is 0 Å². The molecule has 0 saturated carbocycles. The minimum Gasteiger partial charge on any atom is -0.480 e. The minimum absolute atomic E-state index is 0.179. The van der Waals surface area contributed by atoms with Crippen molar-refractivity contribution in [1.82, 2.24) is 9.88 Å². The summed E-state index contributed by atoms with van der Waals surface area (Å²) < 4.78 is 7.35. The highest BCUT2D eigenvalue weighted by Gasteiger charge is 2.22. The Bertz CT molecular complexity index is 808. The molecule has 2 aromatic rings. The van der Waals surface area contributed by atoms with Crippen molar-refractivity contribution in [3.05, 3.63) is 35.0 Å². The Morgan fingerprint density at radius 1 is 1.27 bits per heavy atom. The zero-order chi connectivity index (χ0) is 19.4. The van der Waals surface area contributed by atoms with E-state index in [-0.39, 0.29) is 11.8 Å². The molecule has 6 nitrogen and oxygen atoms in total. The lowest BCUT2D eigenvalue weighted by Crippen LogP contribution is -2.41. The van der Waals surface area contributed by atoms with Gasteiger partial charge in [-0.1, -0.05) is 13.8 Å². The maximum Gasteiger partial charge on any atom is 0.326 e. The first-order chi connectivity index (χ1) is 12.3. The second-order valence-electron chi connectivity index (χ2n) is 7.08. The van der Waals surface area contributed by atoms with Crippen molar-refractivity contribution in [2.45, 2.75) is 46.7 Å². The van der Waals surface area contributed by atoms with Crippen LogP contribution in [-0.2, 0) is 16.1 Å². The molecule has 0 aliphatic rings. The van der Waals surface area contributed by atoms with E-state index >= 15 is 0 Å². The van der Waals surface area contributed by atoms with Crippen molar-refractivity contribution >= 4 is 22.8 Å². The number of aryl methyl sites for hydroxylation is 1. The molecular weight excluding hydrogens is 332 g/mol. The molecule has 1 aromatic heterocycles. The van der Waals surface area contributed by atoms with Crippen LogP contribution in [0.1, 0.15) is 41.9 Å². The fraction of sp³-hybridized carbons (Fsp3) is 0.500. The second kappa shape index (κ2) is 8.36. The molecule has 0 saturated heterocycles. The van der Waals surface area contributed by atoms with Gasteiger partial charge in [0, 0.05) is 35.8 Å². The number of nitrogens with one attached hydrogen (secondary N) is 1. The van der Waals surface area contributed by atoms with E-state index in [2.05, 4.69) is 9.88 Å². The van der Waals surface area contributed by atoms with E-state index in [1.165, 1.54) is 0 Å². The molecular formula is C20H28N2O4. The molecule has 1 aromatic carbocycles. The maximum atomic E-state index is 12.6. The van der Waals surface area contributed by atoms with Gasteiger partial charge in [-0.05, 0) is 49.9 Å². The number of hydrogen-bond donors (Lipinski definition) is 2. The molecule has 0 aliphatic heterocycles. The van der Waals surface area contributed by atoms with E-state index in [1.54, 1.807) is 13.2 Å². The Labute approximate surface area is 154 Å². The van der Waals surface area contributed by atoms with Crippen LogP contribution in [0.25, 0.3) is 10.9 Å². The fourth-order valence-electron chi connectivity index (χ4n) is 3.20. The number of ether oxygens (including phenoxy) is 1. The van der Waals surface area contributed by atoms with Crippen LogP contribution in [0.5, 0.6) is 0 Å². The number of amides is 1. The van der Waals surface area contributed by atoms with Crippen molar-refractivity contribution in [3.63, 3.8) is 0 Å². The zero-order valence-corrected chi connectivity index (χ0v) is 16.1. The van der Waals surface area contributed by atoms with E-state index in [1.807, 2.05) is 39.8 Å². The molecule has 26 heavy (non-hydrogen) atoms. The van der Waals surface area contributed by atoms with Gasteiger partial charge in [0.15, 0.2) is 0 Å². The first kappa shape index (κ1) is 20.0. The maximum absolute atomic E-state index is 12.6. The van der Waals surface area contributed by atoms with Crippen LogP contribution in [0.15, 0.2) is 18.2 Å². The summed E-state index contributed by atoms with van der Waals surface area (Å²) in [4.78, 5) is 23.9. The molecule has 1 atom stereocenters. The number of benzene rings is 1. The quantitative estimate of drug-likeness (QED) is 0.758. The van der Waals surface area contributed by atoms with E-state index in [0.717, 1.165) is 28.7 Å². The van der Waals surface area contributed by atoms with Crippen LogP contribution in [-0.4, -0.2) is 41.3 Å². The van der Waals surface area contributed by atoms with Gasteiger partial charge in [0.1, 0.15) is 6.04 Å². The van der Waals surface area contributed by atoms with Crippen molar-refractivity contribution in [3.8, 4) is 0 Å². The van der Waals surface area contributed by atoms with Crippen molar-refractivity contribution in [2.24, 2.45) is 5.92 Å². The minimum atomic E-state index is -1.01. The lowest BCUT2D eigenvalue weighted by Gasteiger charge is -2.16. The Kier molecular flexibility index (Phi) is 6.42. The normalized spacial score (nSPS) is 12.5. The molecule has 142 valence electrons. The summed E-state index contributed by atoms with van der Waals surface area (Å²) in [6, 6.07) is 4.61. The predicted octanol–water partition coefficient (Wildman–Crippen LogP) is 3.13. The number of nitrogens with zero attached hydrogens (tertiary/aromatic N) is 1. The van der Waals surface area contributed by atoms with Crippen molar-refractivity contribution < 1.29 is 19.4 Å². The molecule has 0 spiro atoms. The number of aliphatic carboxylic acids is 1. The summed E-state index contributed by atoms with van der Waals surface area (Å²) in [5.41, 5.74) is 3.77. The highest BCUT2D eigenvalue weighted by molar-refractivity contribution is 6.00. The van der Waals surface area contributed by atoms with Gasteiger partial charge in [0.05, 0.1) is 6.61 Å². The molecule has 1 heterocycles. The third kappa shape index (κ3) is 4.25. The number of carboxylic acid groups (broad SMARTS) is 1. The number of carbonyl (C=O) groups is 2. The van der Waals surface area contributed by atoms with Crippen molar-refractivity contribution in [2.75, 3.05) is 13.7 Å². The number of aromatic nitrogens is 1. The van der Waals surface area contributed by atoms with Gasteiger partial charge in [-0.25, -0.2) is 4.79 Å². The number of fused-ring (bicyclic) bond motifs is 1. The van der Waals surface area contributed by atoms with Crippen LogP contribution in [0.2, 0.25) is 0 Å². The second-order valence-corrected chi connectivity index (χ2v) is 7.08. The number of carboxylic acids is 1. The molecule has 0 unspecified atom stereocenters. The fourth-order valence-corrected chi connectivity index (χ4v) is 3.20. The van der Waals surface area contributed by atoms with Gasteiger partial charge in [-0.3, -0.25) is 4.79 Å². The molecule has 2 rings (SSSR count). The van der Waals surface area contributed by atoms with Crippen LogP contribution < -0.4 is 5.32 Å². The van der Waals surface area contributed by atoms with Crippen LogP contribution >= 0.6 is 0 Å². The lowest BCUT2D eigenvalue weighted by molar-refractivity contribution is -0.139. The third-order valence-electron chi connectivity index (χ3n) is 4.73. The van der Waals surface area contributed by atoms with Crippen LogP contribution in [0.4, 0.5) is 0 Å². The SMILES string of the molecule is COCCn1c(C)c(C)c2cc(C(=O)N[C@H](CC(C)C)C(=O)O)ccc21. The highest BCUT2D eigenvalue weighted by Crippen LogP contribution is 2.26. The Hall–Kier alpha value is -2.34. The van der Waals surface area contributed by atoms with Crippen LogP contribution in [0.3, 0.4) is 0 Å². The summed E-state index contributed by atoms with van der Waals surface area (Å²) in [5.74, 6) is -1.19. The molecule has 1 amide bonds. The lowest BCUT2D eigenvalue weighted by atomic mass is 10.0. The number of methoxy groups -OCH3 is 1. The largest absolute Gasteiger partial charge is 0.480 e. The number of hydrogen-bond acceptors (Lipinski definition) is 3. The average Bonchev–Trinajstić information content (AvgIpc) is 2.82. The number of rotatable bonds is 8. The van der Waals surface area contributed by atoms with E-state index in [9.17, 15) is 14.7 Å². The van der Waals surface area contributed by atoms with Crippen molar-refractivity contribution in [1.29, 1.82) is 0 Å². The Morgan fingerprint density at radius 2 is 1.96 bits per heavy atom. The smallest absolute Gasteiger partial charge is 0.326 e. The molecule has 6 heteroatoms. The molecule has 0 radical (unpaired) electrons. The third-order valence-corrected chi connectivity index (χ3v) is 4.73. The summed E-state index contributed by atoms with van der Waals surface area (Å²) in [7, 11) is 1.67. The molecule has 2 N–H and O–H groups in total. The standard InChI is InChI=1S/C20H28N2O4/c1-12(2)10-17(20(24)25)21-19(23)15-6-7-18-16(11-15)13(3)14(4)22(18)8-9-26-5/h6-7,11-12,17H,8-10H2,1-5H3,(H,21,23)(H,24,25)/t17-/m1/s1. The van der Waals surface area contributed by atoms with E-state index in [4.69, 9.17) is 4.74 Å². The Balaban J connectivity index is 2.31. The first-order valence-electron chi connectivity index (χ1n) is 8.88. The predicted molar refractivity (Wildman–Crippen MR) is 102 cm³/mol. The molecule has 0 fully saturated rings. The van der Waals surface area contributed by atoms with Gasteiger partial charge >= 0.3 is 5.97 Å².